The number of hydrogen-bond donors (Lipinski definition) is 2. The molecule has 0 unspecified atom stereocenters. The summed E-state index contributed by atoms with van der Waals surface area (Å²) in [6, 6.07) is 6.90. The van der Waals surface area contributed by atoms with Crippen molar-refractivity contribution >= 4 is 33.0 Å². The van der Waals surface area contributed by atoms with E-state index in [1.165, 1.54) is 37.4 Å². The fourth-order valence-corrected chi connectivity index (χ4v) is 1.95. The Morgan fingerprint density at radius 2 is 1.89 bits per heavy atom. The topological polar surface area (TPSA) is 47.3 Å². The third-order valence-electron chi connectivity index (χ3n) is 2.52. The Bertz CT molecular complexity index is 620. The highest BCUT2D eigenvalue weighted by Crippen LogP contribution is 2.31. The van der Waals surface area contributed by atoms with Gasteiger partial charge < -0.3 is 15.8 Å². The van der Waals surface area contributed by atoms with Gasteiger partial charge in [-0.15, -0.1) is 0 Å². The molecular formula is C13H11BrF2N2O. The van der Waals surface area contributed by atoms with Gasteiger partial charge in [-0.3, -0.25) is 0 Å². The summed E-state index contributed by atoms with van der Waals surface area (Å²) >= 11 is 3.06. The van der Waals surface area contributed by atoms with Crippen molar-refractivity contribution in [1.29, 1.82) is 0 Å². The SMILES string of the molecule is COc1cc(Nc2ccc(F)c(Br)c2)c(F)cc1N. The molecule has 0 aromatic heterocycles. The van der Waals surface area contributed by atoms with Crippen LogP contribution in [0.3, 0.4) is 0 Å². The van der Waals surface area contributed by atoms with Crippen LogP contribution >= 0.6 is 15.9 Å². The molecule has 0 heterocycles. The molecule has 0 saturated heterocycles. The molecular weight excluding hydrogens is 318 g/mol. The van der Waals surface area contributed by atoms with Crippen LogP contribution in [0.1, 0.15) is 0 Å². The summed E-state index contributed by atoms with van der Waals surface area (Å²) in [4.78, 5) is 0. The van der Waals surface area contributed by atoms with Crippen LogP contribution in [0.25, 0.3) is 0 Å². The van der Waals surface area contributed by atoms with Gasteiger partial charge in [-0.25, -0.2) is 8.78 Å². The fourth-order valence-electron chi connectivity index (χ4n) is 1.57. The predicted molar refractivity (Wildman–Crippen MR) is 74.7 cm³/mol. The first-order chi connectivity index (χ1) is 9.01. The molecule has 3 nitrogen and oxygen atoms in total. The average Bonchev–Trinajstić information content (AvgIpc) is 2.37. The Hall–Kier alpha value is -1.82. The molecule has 0 aliphatic heterocycles. The number of nitrogens with one attached hydrogen (secondary N) is 1. The van der Waals surface area contributed by atoms with Crippen LogP contribution in [0.15, 0.2) is 34.8 Å². The van der Waals surface area contributed by atoms with E-state index >= 15 is 0 Å². The molecule has 0 radical (unpaired) electrons. The van der Waals surface area contributed by atoms with Crippen molar-refractivity contribution in [1.82, 2.24) is 0 Å². The minimum Gasteiger partial charge on any atom is -0.495 e. The van der Waals surface area contributed by atoms with Gasteiger partial charge >= 0.3 is 0 Å². The highest BCUT2D eigenvalue weighted by atomic mass is 79.9. The maximum Gasteiger partial charge on any atom is 0.148 e. The summed E-state index contributed by atoms with van der Waals surface area (Å²) in [6.45, 7) is 0. The van der Waals surface area contributed by atoms with E-state index in [4.69, 9.17) is 10.5 Å². The van der Waals surface area contributed by atoms with Crippen molar-refractivity contribution in [2.45, 2.75) is 0 Å². The van der Waals surface area contributed by atoms with Crippen LogP contribution in [0, 0.1) is 11.6 Å². The summed E-state index contributed by atoms with van der Waals surface area (Å²) in [6.07, 6.45) is 0. The van der Waals surface area contributed by atoms with Crippen LogP contribution in [0.2, 0.25) is 0 Å². The van der Waals surface area contributed by atoms with Gasteiger partial charge in [0, 0.05) is 17.8 Å². The first-order valence-corrected chi connectivity index (χ1v) is 6.15. The molecule has 0 saturated carbocycles. The van der Waals surface area contributed by atoms with Crippen molar-refractivity contribution in [3.63, 3.8) is 0 Å². The summed E-state index contributed by atoms with van der Waals surface area (Å²) < 4.78 is 32.2. The lowest BCUT2D eigenvalue weighted by atomic mass is 10.2. The highest BCUT2D eigenvalue weighted by Gasteiger charge is 2.09. The number of rotatable bonds is 3. The summed E-state index contributed by atoms with van der Waals surface area (Å²) in [7, 11) is 1.45. The molecule has 2 aromatic rings. The average molecular weight is 329 g/mol. The lowest BCUT2D eigenvalue weighted by molar-refractivity contribution is 0.416. The van der Waals surface area contributed by atoms with E-state index in [-0.39, 0.29) is 17.2 Å². The van der Waals surface area contributed by atoms with Gasteiger partial charge in [0.15, 0.2) is 0 Å². The number of benzene rings is 2. The fraction of sp³-hybridized carbons (Fsp3) is 0.0769. The maximum absolute atomic E-state index is 13.7. The van der Waals surface area contributed by atoms with Crippen LogP contribution in [0.4, 0.5) is 25.8 Å². The van der Waals surface area contributed by atoms with E-state index in [2.05, 4.69) is 21.2 Å². The molecule has 0 spiro atoms. The van der Waals surface area contributed by atoms with E-state index in [1.54, 1.807) is 0 Å². The number of hydrogen-bond acceptors (Lipinski definition) is 3. The molecule has 19 heavy (non-hydrogen) atoms. The quantitative estimate of drug-likeness (QED) is 0.835. The van der Waals surface area contributed by atoms with Crippen molar-refractivity contribution < 1.29 is 13.5 Å². The molecule has 6 heteroatoms. The number of anilines is 3. The zero-order chi connectivity index (χ0) is 14.0. The standard InChI is InChI=1S/C13H11BrF2N2O/c1-19-13-6-12(10(16)5-11(13)17)18-7-2-3-9(15)8(14)4-7/h2-6,18H,17H2,1H3. The molecule has 0 amide bonds. The minimum absolute atomic E-state index is 0.199. The number of ether oxygens (including phenoxy) is 1. The largest absolute Gasteiger partial charge is 0.495 e. The van der Waals surface area contributed by atoms with Crippen molar-refractivity contribution in [2.75, 3.05) is 18.2 Å². The molecule has 0 bridgehead atoms. The third-order valence-corrected chi connectivity index (χ3v) is 3.13. The van der Waals surface area contributed by atoms with Gasteiger partial charge in [-0.1, -0.05) is 0 Å². The van der Waals surface area contributed by atoms with Crippen LogP contribution in [-0.4, -0.2) is 7.11 Å². The van der Waals surface area contributed by atoms with Gasteiger partial charge in [0.05, 0.1) is 23.0 Å². The number of nitrogen functional groups attached to an aromatic ring is 1. The lowest BCUT2D eigenvalue weighted by Crippen LogP contribution is -1.99. The summed E-state index contributed by atoms with van der Waals surface area (Å²) in [5.74, 6) is -0.537. The summed E-state index contributed by atoms with van der Waals surface area (Å²) in [5.41, 5.74) is 6.54. The normalized spacial score (nSPS) is 10.3. The Kier molecular flexibility index (Phi) is 3.90. The van der Waals surface area contributed by atoms with Crippen LogP contribution < -0.4 is 15.8 Å². The molecule has 0 fully saturated rings. The highest BCUT2D eigenvalue weighted by molar-refractivity contribution is 9.10. The molecule has 3 N–H and O–H groups in total. The Morgan fingerprint density at radius 3 is 2.53 bits per heavy atom. The maximum atomic E-state index is 13.7. The second kappa shape index (κ2) is 5.44. The van der Waals surface area contributed by atoms with E-state index in [0.29, 0.717) is 15.9 Å². The number of halogens is 3. The van der Waals surface area contributed by atoms with Gasteiger partial charge in [0.2, 0.25) is 0 Å². The van der Waals surface area contributed by atoms with Gasteiger partial charge in [-0.05, 0) is 34.1 Å². The van der Waals surface area contributed by atoms with E-state index < -0.39 is 5.82 Å². The molecule has 100 valence electrons. The Morgan fingerprint density at radius 1 is 1.16 bits per heavy atom. The number of methoxy groups -OCH3 is 1. The van der Waals surface area contributed by atoms with Crippen molar-refractivity contribution in [2.24, 2.45) is 0 Å². The first kappa shape index (κ1) is 13.6. The minimum atomic E-state index is -0.515. The molecule has 2 rings (SSSR count). The lowest BCUT2D eigenvalue weighted by Gasteiger charge is -2.11. The molecule has 0 aliphatic rings. The van der Waals surface area contributed by atoms with Crippen molar-refractivity contribution in [3.05, 3.63) is 46.4 Å². The van der Waals surface area contributed by atoms with Gasteiger partial charge in [0.1, 0.15) is 17.4 Å². The second-order valence-electron chi connectivity index (χ2n) is 3.83. The van der Waals surface area contributed by atoms with Crippen LogP contribution in [0.5, 0.6) is 5.75 Å². The molecule has 0 atom stereocenters. The first-order valence-electron chi connectivity index (χ1n) is 5.36. The van der Waals surface area contributed by atoms with Crippen LogP contribution in [-0.2, 0) is 0 Å². The zero-order valence-corrected chi connectivity index (χ0v) is 11.6. The third kappa shape index (κ3) is 2.96. The predicted octanol–water partition coefficient (Wildman–Crippen LogP) is 4.06. The van der Waals surface area contributed by atoms with E-state index in [1.807, 2.05) is 0 Å². The Balaban J connectivity index is 2.34. The monoisotopic (exact) mass is 328 g/mol. The molecule has 2 aromatic carbocycles. The van der Waals surface area contributed by atoms with Gasteiger partial charge in [-0.2, -0.15) is 0 Å². The van der Waals surface area contributed by atoms with Crippen molar-refractivity contribution in [3.8, 4) is 5.75 Å². The smallest absolute Gasteiger partial charge is 0.148 e. The van der Waals surface area contributed by atoms with Gasteiger partial charge in [0.25, 0.3) is 0 Å². The molecule has 0 aliphatic carbocycles. The summed E-state index contributed by atoms with van der Waals surface area (Å²) in [5, 5.41) is 2.83. The zero-order valence-electron chi connectivity index (χ0n) is 10.0. The Labute approximate surface area is 117 Å². The van der Waals surface area contributed by atoms with E-state index in [9.17, 15) is 8.78 Å². The number of nitrogens with two attached hydrogens (primary N) is 1. The van der Waals surface area contributed by atoms with E-state index in [0.717, 1.165) is 0 Å². The second-order valence-corrected chi connectivity index (χ2v) is 4.68.